The summed E-state index contributed by atoms with van der Waals surface area (Å²) in [4.78, 5) is 28.7. The first-order valence-corrected chi connectivity index (χ1v) is 8.98. The monoisotopic (exact) mass is 385 g/mol. The van der Waals surface area contributed by atoms with E-state index in [1.165, 1.54) is 6.07 Å². The van der Waals surface area contributed by atoms with Crippen molar-refractivity contribution in [2.45, 2.75) is 33.1 Å². The predicted molar refractivity (Wildman–Crippen MR) is 103 cm³/mol. The Hall–Kier alpha value is -1.66. The highest BCUT2D eigenvalue weighted by molar-refractivity contribution is 5.85. The van der Waals surface area contributed by atoms with Crippen LogP contribution in [-0.4, -0.2) is 54.3 Å². The third kappa shape index (κ3) is 4.74. The summed E-state index contributed by atoms with van der Waals surface area (Å²) in [6.45, 7) is 6.28. The van der Waals surface area contributed by atoms with Gasteiger partial charge in [-0.2, -0.15) is 0 Å². The molecule has 26 heavy (non-hydrogen) atoms. The van der Waals surface area contributed by atoms with Crippen LogP contribution in [0.2, 0.25) is 0 Å². The Morgan fingerprint density at radius 3 is 2.12 bits per heavy atom. The van der Waals surface area contributed by atoms with Crippen LogP contribution < -0.4 is 5.73 Å². The summed E-state index contributed by atoms with van der Waals surface area (Å²) in [5, 5.41) is 0. The van der Waals surface area contributed by atoms with Gasteiger partial charge in [-0.1, -0.05) is 32.0 Å². The highest BCUT2D eigenvalue weighted by Gasteiger charge is 2.38. The molecule has 1 aromatic carbocycles. The van der Waals surface area contributed by atoms with E-state index >= 15 is 0 Å². The normalized spacial score (nSPS) is 14.8. The molecule has 2 amide bonds. The Kier molecular flexibility index (Phi) is 8.50. The van der Waals surface area contributed by atoms with Gasteiger partial charge in [0.25, 0.3) is 0 Å². The lowest BCUT2D eigenvalue weighted by molar-refractivity contribution is -0.147. The molecule has 146 valence electrons. The van der Waals surface area contributed by atoms with Crippen molar-refractivity contribution in [2.24, 2.45) is 11.1 Å². The number of carbonyl (C=O) groups is 2. The van der Waals surface area contributed by atoms with Gasteiger partial charge in [0, 0.05) is 32.7 Å². The number of hydrogen-bond acceptors (Lipinski definition) is 3. The number of benzene rings is 1. The second kappa shape index (κ2) is 9.88. The van der Waals surface area contributed by atoms with E-state index in [1.807, 2.05) is 18.7 Å². The summed E-state index contributed by atoms with van der Waals surface area (Å²) in [6.07, 6.45) is 1.48. The van der Waals surface area contributed by atoms with Gasteiger partial charge in [0.05, 0.1) is 11.8 Å². The first-order chi connectivity index (χ1) is 12.0. The van der Waals surface area contributed by atoms with Crippen LogP contribution in [0.3, 0.4) is 0 Å². The minimum absolute atomic E-state index is 0. The average Bonchev–Trinajstić information content (AvgIpc) is 2.65. The van der Waals surface area contributed by atoms with Crippen LogP contribution in [0.25, 0.3) is 0 Å². The molecular weight excluding hydrogens is 357 g/mol. The first kappa shape index (κ1) is 22.4. The summed E-state index contributed by atoms with van der Waals surface area (Å²) >= 11 is 0. The molecule has 0 unspecified atom stereocenters. The number of piperazine rings is 1. The number of nitrogens with two attached hydrogens (primary N) is 1. The van der Waals surface area contributed by atoms with Crippen LogP contribution in [0, 0.1) is 11.2 Å². The minimum Gasteiger partial charge on any atom is -0.339 e. The van der Waals surface area contributed by atoms with E-state index in [1.54, 1.807) is 23.1 Å². The second-order valence-electron chi connectivity index (χ2n) is 6.63. The van der Waals surface area contributed by atoms with Crippen molar-refractivity contribution >= 4 is 24.2 Å². The lowest BCUT2D eigenvalue weighted by atomic mass is 9.81. The highest BCUT2D eigenvalue weighted by Crippen LogP contribution is 2.28. The maximum absolute atomic E-state index is 13.7. The summed E-state index contributed by atoms with van der Waals surface area (Å²) in [7, 11) is 0. The Morgan fingerprint density at radius 1 is 1.08 bits per heavy atom. The van der Waals surface area contributed by atoms with Crippen molar-refractivity contribution in [3.8, 4) is 0 Å². The first-order valence-electron chi connectivity index (χ1n) is 8.98. The zero-order chi connectivity index (χ0) is 18.4. The SMILES string of the molecule is CCC(CC)(CN)C(=O)N1CCN(C(=O)Cc2ccccc2F)CC1.Cl. The Labute approximate surface area is 161 Å². The Morgan fingerprint density at radius 2 is 1.62 bits per heavy atom. The van der Waals surface area contributed by atoms with E-state index < -0.39 is 5.41 Å². The lowest BCUT2D eigenvalue weighted by Crippen LogP contribution is -2.55. The molecule has 1 saturated heterocycles. The summed E-state index contributed by atoms with van der Waals surface area (Å²) < 4.78 is 13.7. The average molecular weight is 386 g/mol. The zero-order valence-electron chi connectivity index (χ0n) is 15.5. The van der Waals surface area contributed by atoms with E-state index in [2.05, 4.69) is 0 Å². The van der Waals surface area contributed by atoms with Crippen LogP contribution in [0.15, 0.2) is 24.3 Å². The number of halogens is 2. The Balaban J connectivity index is 0.00000338. The van der Waals surface area contributed by atoms with Gasteiger partial charge < -0.3 is 15.5 Å². The molecule has 2 N–H and O–H groups in total. The largest absolute Gasteiger partial charge is 0.339 e. The molecule has 2 rings (SSSR count). The molecule has 0 bridgehead atoms. The summed E-state index contributed by atoms with van der Waals surface area (Å²) in [5.74, 6) is -0.377. The minimum atomic E-state index is -0.501. The number of amides is 2. The smallest absolute Gasteiger partial charge is 0.230 e. The molecule has 0 aromatic heterocycles. The molecule has 0 aliphatic carbocycles. The molecule has 0 spiro atoms. The standard InChI is InChI=1S/C19H28FN3O2.ClH/c1-3-19(4-2,14-21)18(25)23-11-9-22(10-12-23)17(24)13-15-7-5-6-8-16(15)20;/h5-8H,3-4,9-14,21H2,1-2H3;1H. The van der Waals surface area contributed by atoms with Gasteiger partial charge in [-0.15, -0.1) is 12.4 Å². The van der Waals surface area contributed by atoms with Gasteiger partial charge in [-0.25, -0.2) is 4.39 Å². The molecule has 0 radical (unpaired) electrons. The molecule has 1 heterocycles. The molecular formula is C19H29ClFN3O2. The van der Waals surface area contributed by atoms with Gasteiger partial charge in [-0.3, -0.25) is 9.59 Å². The molecule has 1 aliphatic heterocycles. The molecule has 1 aliphatic rings. The molecule has 7 heteroatoms. The van der Waals surface area contributed by atoms with Crippen LogP contribution in [0.5, 0.6) is 0 Å². The van der Waals surface area contributed by atoms with Crippen LogP contribution in [0.4, 0.5) is 4.39 Å². The van der Waals surface area contributed by atoms with Crippen molar-refractivity contribution < 1.29 is 14.0 Å². The second-order valence-corrected chi connectivity index (χ2v) is 6.63. The van der Waals surface area contributed by atoms with E-state index in [-0.39, 0.29) is 36.5 Å². The van der Waals surface area contributed by atoms with Gasteiger partial charge in [0.15, 0.2) is 0 Å². The van der Waals surface area contributed by atoms with Crippen molar-refractivity contribution in [3.63, 3.8) is 0 Å². The lowest BCUT2D eigenvalue weighted by Gasteiger charge is -2.40. The fourth-order valence-corrected chi connectivity index (χ4v) is 3.34. The maximum Gasteiger partial charge on any atom is 0.230 e. The van der Waals surface area contributed by atoms with Crippen molar-refractivity contribution in [3.05, 3.63) is 35.6 Å². The number of hydrogen-bond donors (Lipinski definition) is 1. The highest BCUT2D eigenvalue weighted by atomic mass is 35.5. The third-order valence-electron chi connectivity index (χ3n) is 5.42. The quantitative estimate of drug-likeness (QED) is 0.816. The van der Waals surface area contributed by atoms with Crippen molar-refractivity contribution in [2.75, 3.05) is 32.7 Å². The number of carbonyl (C=O) groups excluding carboxylic acids is 2. The fourth-order valence-electron chi connectivity index (χ4n) is 3.34. The molecule has 1 aromatic rings. The molecule has 0 saturated carbocycles. The third-order valence-corrected chi connectivity index (χ3v) is 5.42. The van der Waals surface area contributed by atoms with E-state index in [9.17, 15) is 14.0 Å². The van der Waals surface area contributed by atoms with Gasteiger partial charge in [-0.05, 0) is 24.5 Å². The number of nitrogens with zero attached hydrogens (tertiary/aromatic N) is 2. The maximum atomic E-state index is 13.7. The topological polar surface area (TPSA) is 66.6 Å². The van der Waals surface area contributed by atoms with Crippen molar-refractivity contribution in [1.29, 1.82) is 0 Å². The zero-order valence-corrected chi connectivity index (χ0v) is 16.4. The number of rotatable bonds is 6. The molecule has 5 nitrogen and oxygen atoms in total. The molecule has 1 fully saturated rings. The van der Waals surface area contributed by atoms with Crippen molar-refractivity contribution in [1.82, 2.24) is 9.80 Å². The summed E-state index contributed by atoms with van der Waals surface area (Å²) in [5.41, 5.74) is 5.77. The van der Waals surface area contributed by atoms with E-state index in [0.717, 1.165) is 0 Å². The van der Waals surface area contributed by atoms with Crippen LogP contribution in [-0.2, 0) is 16.0 Å². The van der Waals surface area contributed by atoms with Crippen LogP contribution in [0.1, 0.15) is 32.3 Å². The predicted octanol–water partition coefficient (Wildman–Crippen LogP) is 2.23. The molecule has 0 atom stereocenters. The Bertz CT molecular complexity index is 606. The van der Waals surface area contributed by atoms with E-state index in [0.29, 0.717) is 51.1 Å². The van der Waals surface area contributed by atoms with Gasteiger partial charge >= 0.3 is 0 Å². The fraction of sp³-hybridized carbons (Fsp3) is 0.579. The van der Waals surface area contributed by atoms with E-state index in [4.69, 9.17) is 5.73 Å². The summed E-state index contributed by atoms with van der Waals surface area (Å²) in [6, 6.07) is 6.33. The van der Waals surface area contributed by atoms with Gasteiger partial charge in [0.1, 0.15) is 5.82 Å². The van der Waals surface area contributed by atoms with Gasteiger partial charge in [0.2, 0.25) is 11.8 Å². The van der Waals surface area contributed by atoms with Crippen LogP contribution >= 0.6 is 12.4 Å².